The Morgan fingerprint density at radius 3 is 2.88 bits per heavy atom. The first-order valence-corrected chi connectivity index (χ1v) is 7.32. The Bertz CT molecular complexity index is 362. The van der Waals surface area contributed by atoms with Gasteiger partial charge in [0.25, 0.3) is 0 Å². The highest BCUT2D eigenvalue weighted by Crippen LogP contribution is 2.17. The van der Waals surface area contributed by atoms with Crippen LogP contribution < -0.4 is 5.32 Å². The van der Waals surface area contributed by atoms with Gasteiger partial charge in [-0.1, -0.05) is 6.42 Å². The summed E-state index contributed by atoms with van der Waals surface area (Å²) in [6.45, 7) is 7.52. The van der Waals surface area contributed by atoms with Gasteiger partial charge in [-0.25, -0.2) is 4.98 Å². The Morgan fingerprint density at radius 1 is 1.41 bits per heavy atom. The molecule has 17 heavy (non-hydrogen) atoms. The summed E-state index contributed by atoms with van der Waals surface area (Å²) in [6, 6.07) is 0.720. The minimum Gasteiger partial charge on any atom is -0.310 e. The molecule has 2 rings (SSSR count). The van der Waals surface area contributed by atoms with E-state index in [4.69, 9.17) is 0 Å². The van der Waals surface area contributed by atoms with Crippen LogP contribution in [0.3, 0.4) is 0 Å². The van der Waals surface area contributed by atoms with Crippen LogP contribution in [0.15, 0.2) is 0 Å². The van der Waals surface area contributed by atoms with Gasteiger partial charge in [0.1, 0.15) is 0 Å². The highest BCUT2D eigenvalue weighted by molar-refractivity contribution is 7.11. The number of piperidine rings is 1. The van der Waals surface area contributed by atoms with Crippen molar-refractivity contribution >= 4 is 11.3 Å². The lowest BCUT2D eigenvalue weighted by atomic mass is 10.0. The molecule has 0 aromatic carbocycles. The van der Waals surface area contributed by atoms with Gasteiger partial charge in [-0.15, -0.1) is 11.3 Å². The SMILES string of the molecule is Cc1nc(C)c(CNCC2CCCCN2C)s1. The number of hydrogen-bond acceptors (Lipinski definition) is 4. The lowest BCUT2D eigenvalue weighted by molar-refractivity contribution is 0.181. The molecule has 0 saturated carbocycles. The number of hydrogen-bond donors (Lipinski definition) is 1. The first-order valence-electron chi connectivity index (χ1n) is 6.50. The summed E-state index contributed by atoms with van der Waals surface area (Å²) < 4.78 is 0. The second kappa shape index (κ2) is 5.94. The van der Waals surface area contributed by atoms with Crippen molar-refractivity contribution in [2.45, 2.75) is 45.7 Å². The fourth-order valence-corrected chi connectivity index (χ4v) is 3.40. The standard InChI is InChI=1S/C13H23N3S/c1-10-13(17-11(2)15-10)9-14-8-12-6-4-5-7-16(12)3/h12,14H,4-9H2,1-3H3. The normalized spacial score (nSPS) is 21.9. The highest BCUT2D eigenvalue weighted by atomic mass is 32.1. The molecular formula is C13H23N3S. The van der Waals surface area contributed by atoms with E-state index in [1.54, 1.807) is 0 Å². The third kappa shape index (κ3) is 3.50. The summed E-state index contributed by atoms with van der Waals surface area (Å²) >= 11 is 1.81. The van der Waals surface area contributed by atoms with E-state index in [-0.39, 0.29) is 0 Å². The lowest BCUT2D eigenvalue weighted by Crippen LogP contribution is -2.42. The van der Waals surface area contributed by atoms with Crippen LogP contribution >= 0.6 is 11.3 Å². The fourth-order valence-electron chi connectivity index (χ4n) is 2.49. The van der Waals surface area contributed by atoms with Crippen LogP contribution in [-0.4, -0.2) is 36.1 Å². The van der Waals surface area contributed by atoms with Crippen molar-refractivity contribution in [2.24, 2.45) is 0 Å². The Balaban J connectivity index is 1.77. The van der Waals surface area contributed by atoms with Gasteiger partial charge in [-0.3, -0.25) is 0 Å². The van der Waals surface area contributed by atoms with E-state index in [1.807, 2.05) is 11.3 Å². The van der Waals surface area contributed by atoms with Gasteiger partial charge in [0.15, 0.2) is 0 Å². The van der Waals surface area contributed by atoms with E-state index in [0.29, 0.717) is 0 Å². The number of likely N-dealkylation sites (N-methyl/N-ethyl adjacent to an activating group) is 1. The van der Waals surface area contributed by atoms with Gasteiger partial charge in [0.2, 0.25) is 0 Å². The average molecular weight is 253 g/mol. The van der Waals surface area contributed by atoms with Crippen LogP contribution in [0.1, 0.15) is 34.8 Å². The Kier molecular flexibility index (Phi) is 4.54. The minimum atomic E-state index is 0.720. The second-order valence-corrected chi connectivity index (χ2v) is 6.29. The van der Waals surface area contributed by atoms with Gasteiger partial charge in [0.05, 0.1) is 10.7 Å². The molecule has 96 valence electrons. The summed E-state index contributed by atoms with van der Waals surface area (Å²) in [6.07, 6.45) is 4.08. The van der Waals surface area contributed by atoms with E-state index in [0.717, 1.165) is 19.1 Å². The Hall–Kier alpha value is -0.450. The number of thiazole rings is 1. The van der Waals surface area contributed by atoms with Crippen molar-refractivity contribution in [1.29, 1.82) is 0 Å². The van der Waals surface area contributed by atoms with E-state index in [1.165, 1.54) is 41.4 Å². The number of nitrogens with one attached hydrogen (secondary N) is 1. The van der Waals surface area contributed by atoms with Crippen molar-refractivity contribution in [1.82, 2.24) is 15.2 Å². The minimum absolute atomic E-state index is 0.720. The maximum absolute atomic E-state index is 4.46. The summed E-state index contributed by atoms with van der Waals surface area (Å²) in [4.78, 5) is 8.34. The molecule has 3 nitrogen and oxygen atoms in total. The molecule has 4 heteroatoms. The maximum Gasteiger partial charge on any atom is 0.0900 e. The van der Waals surface area contributed by atoms with Crippen molar-refractivity contribution < 1.29 is 0 Å². The van der Waals surface area contributed by atoms with Crippen LogP contribution in [-0.2, 0) is 6.54 Å². The van der Waals surface area contributed by atoms with E-state index < -0.39 is 0 Å². The predicted molar refractivity (Wildman–Crippen MR) is 73.6 cm³/mol. The molecule has 0 bridgehead atoms. The molecule has 0 aliphatic carbocycles. The second-order valence-electron chi connectivity index (χ2n) is 5.00. The number of likely N-dealkylation sites (tertiary alicyclic amines) is 1. The van der Waals surface area contributed by atoms with Crippen LogP contribution in [0.25, 0.3) is 0 Å². The summed E-state index contributed by atoms with van der Waals surface area (Å²) in [5.41, 5.74) is 1.19. The molecule has 0 radical (unpaired) electrons. The first kappa shape index (κ1) is 13.0. The van der Waals surface area contributed by atoms with E-state index in [2.05, 4.69) is 36.1 Å². The number of aryl methyl sites for hydroxylation is 2. The summed E-state index contributed by atoms with van der Waals surface area (Å²) in [5, 5.41) is 4.76. The van der Waals surface area contributed by atoms with E-state index in [9.17, 15) is 0 Å². The number of rotatable bonds is 4. The predicted octanol–water partition coefficient (Wildman–Crippen LogP) is 2.33. The average Bonchev–Trinajstić information content (AvgIpc) is 2.60. The van der Waals surface area contributed by atoms with Crippen molar-refractivity contribution in [2.75, 3.05) is 20.1 Å². The molecule has 1 aromatic rings. The zero-order chi connectivity index (χ0) is 12.3. The zero-order valence-corrected chi connectivity index (χ0v) is 11.9. The number of nitrogens with zero attached hydrogens (tertiary/aromatic N) is 2. The third-order valence-electron chi connectivity index (χ3n) is 3.59. The van der Waals surface area contributed by atoms with Crippen LogP contribution in [0.2, 0.25) is 0 Å². The molecule has 1 atom stereocenters. The van der Waals surface area contributed by atoms with Crippen LogP contribution in [0.5, 0.6) is 0 Å². The van der Waals surface area contributed by atoms with Gasteiger partial charge in [-0.2, -0.15) is 0 Å². The molecular weight excluding hydrogens is 230 g/mol. The molecule has 1 N–H and O–H groups in total. The van der Waals surface area contributed by atoms with E-state index >= 15 is 0 Å². The zero-order valence-electron chi connectivity index (χ0n) is 11.1. The monoisotopic (exact) mass is 253 g/mol. The molecule has 2 heterocycles. The molecule has 1 unspecified atom stereocenters. The molecule has 0 spiro atoms. The first-order chi connectivity index (χ1) is 8.16. The van der Waals surface area contributed by atoms with Crippen LogP contribution in [0.4, 0.5) is 0 Å². The van der Waals surface area contributed by atoms with Gasteiger partial charge in [-0.05, 0) is 40.3 Å². The van der Waals surface area contributed by atoms with Gasteiger partial charge >= 0.3 is 0 Å². The smallest absolute Gasteiger partial charge is 0.0900 e. The molecule has 1 aliphatic heterocycles. The van der Waals surface area contributed by atoms with Crippen molar-refractivity contribution in [3.05, 3.63) is 15.6 Å². The molecule has 1 saturated heterocycles. The number of aromatic nitrogens is 1. The summed E-state index contributed by atoms with van der Waals surface area (Å²) in [5.74, 6) is 0. The highest BCUT2D eigenvalue weighted by Gasteiger charge is 2.18. The summed E-state index contributed by atoms with van der Waals surface area (Å²) in [7, 11) is 2.24. The topological polar surface area (TPSA) is 28.2 Å². The molecule has 0 amide bonds. The Labute approximate surface area is 108 Å². The van der Waals surface area contributed by atoms with Crippen molar-refractivity contribution in [3.63, 3.8) is 0 Å². The lowest BCUT2D eigenvalue weighted by Gasteiger charge is -2.32. The Morgan fingerprint density at radius 2 is 2.24 bits per heavy atom. The molecule has 1 aliphatic rings. The van der Waals surface area contributed by atoms with Gasteiger partial charge < -0.3 is 10.2 Å². The molecule has 1 aromatic heterocycles. The van der Waals surface area contributed by atoms with Gasteiger partial charge in [0, 0.05) is 24.0 Å². The van der Waals surface area contributed by atoms with Crippen LogP contribution in [0, 0.1) is 13.8 Å². The molecule has 1 fully saturated rings. The fraction of sp³-hybridized carbons (Fsp3) is 0.769. The quantitative estimate of drug-likeness (QED) is 0.892. The third-order valence-corrected chi connectivity index (χ3v) is 4.66. The largest absolute Gasteiger partial charge is 0.310 e. The maximum atomic E-state index is 4.46. The van der Waals surface area contributed by atoms with Crippen molar-refractivity contribution in [3.8, 4) is 0 Å².